The maximum Gasteiger partial charge on any atom is 0.305 e. The maximum absolute atomic E-state index is 11.1. The summed E-state index contributed by atoms with van der Waals surface area (Å²) in [6.07, 6.45) is 1.11. The van der Waals surface area contributed by atoms with Gasteiger partial charge in [0.05, 0.1) is 7.11 Å². The number of carbonyl (C=O) groups is 1. The Morgan fingerprint density at radius 1 is 1.39 bits per heavy atom. The molecule has 1 aromatic rings. The predicted molar refractivity (Wildman–Crippen MR) is 71.9 cm³/mol. The number of likely N-dealkylation sites (N-methyl/N-ethyl adjacent to an activating group) is 1. The van der Waals surface area contributed by atoms with Crippen LogP contribution in [0.25, 0.3) is 0 Å². The van der Waals surface area contributed by atoms with E-state index < -0.39 is 0 Å². The Morgan fingerprint density at radius 3 is 2.67 bits per heavy atom. The molecular formula is C14H18N2O2. The lowest BCUT2D eigenvalue weighted by molar-refractivity contribution is -0.140. The van der Waals surface area contributed by atoms with Gasteiger partial charge in [0.15, 0.2) is 0 Å². The zero-order valence-electron chi connectivity index (χ0n) is 11.0. The van der Waals surface area contributed by atoms with Crippen LogP contribution in [0.1, 0.15) is 19.8 Å². The van der Waals surface area contributed by atoms with Crippen molar-refractivity contribution >= 4 is 17.5 Å². The molecule has 0 bridgehead atoms. The summed E-state index contributed by atoms with van der Waals surface area (Å²) in [6.45, 7) is 2.05. The molecule has 4 nitrogen and oxygen atoms in total. The van der Waals surface area contributed by atoms with Crippen molar-refractivity contribution in [1.29, 1.82) is 0 Å². The van der Waals surface area contributed by atoms with Crippen molar-refractivity contribution in [2.75, 3.05) is 19.1 Å². The fraction of sp³-hybridized carbons (Fsp3) is 0.429. The summed E-state index contributed by atoms with van der Waals surface area (Å²) < 4.78 is 4.65. The molecule has 1 aliphatic heterocycles. The highest BCUT2D eigenvalue weighted by Crippen LogP contribution is 2.35. The highest BCUT2D eigenvalue weighted by atomic mass is 16.5. The summed E-state index contributed by atoms with van der Waals surface area (Å²) in [7, 11) is 3.41. The molecule has 1 atom stereocenters. The van der Waals surface area contributed by atoms with Crippen LogP contribution in [0.3, 0.4) is 0 Å². The Morgan fingerprint density at radius 2 is 2.06 bits per heavy atom. The van der Waals surface area contributed by atoms with Crippen LogP contribution in [0.5, 0.6) is 0 Å². The number of amidine groups is 1. The molecule has 96 valence electrons. The molecule has 0 aromatic heterocycles. The van der Waals surface area contributed by atoms with Crippen molar-refractivity contribution in [2.45, 2.75) is 25.3 Å². The first-order valence-corrected chi connectivity index (χ1v) is 6.03. The third-order valence-corrected chi connectivity index (χ3v) is 3.29. The van der Waals surface area contributed by atoms with Crippen molar-refractivity contribution in [3.63, 3.8) is 0 Å². The molecule has 0 saturated carbocycles. The Labute approximate surface area is 107 Å². The molecule has 4 heteroatoms. The monoisotopic (exact) mass is 246 g/mol. The molecule has 1 unspecified atom stereocenters. The van der Waals surface area contributed by atoms with Gasteiger partial charge in [0, 0.05) is 19.2 Å². The Kier molecular flexibility index (Phi) is 3.36. The number of hydrogen-bond acceptors (Lipinski definition) is 4. The van der Waals surface area contributed by atoms with Crippen molar-refractivity contribution in [2.24, 2.45) is 4.99 Å². The van der Waals surface area contributed by atoms with E-state index in [4.69, 9.17) is 0 Å². The minimum atomic E-state index is -0.210. The van der Waals surface area contributed by atoms with E-state index in [1.54, 1.807) is 0 Å². The molecule has 1 aromatic carbocycles. The van der Waals surface area contributed by atoms with Gasteiger partial charge >= 0.3 is 5.97 Å². The number of methoxy groups -OCH3 is 1. The molecule has 0 spiro atoms. The van der Waals surface area contributed by atoms with E-state index in [1.807, 2.05) is 44.3 Å². The number of anilines is 1. The lowest BCUT2D eigenvalue weighted by atomic mass is 10.0. The number of aliphatic imine (C=N–C) groups is 1. The summed E-state index contributed by atoms with van der Waals surface area (Å²) >= 11 is 0. The first-order chi connectivity index (χ1) is 8.57. The average Bonchev–Trinajstić information content (AvgIpc) is 3.09. The Bertz CT molecular complexity index is 470. The second kappa shape index (κ2) is 4.80. The van der Waals surface area contributed by atoms with E-state index in [9.17, 15) is 4.79 Å². The number of carbonyl (C=O) groups excluding carboxylic acids is 1. The van der Waals surface area contributed by atoms with Crippen LogP contribution >= 0.6 is 0 Å². The fourth-order valence-electron chi connectivity index (χ4n) is 2.03. The first kappa shape index (κ1) is 12.6. The van der Waals surface area contributed by atoms with Crippen molar-refractivity contribution in [3.05, 3.63) is 30.3 Å². The smallest absolute Gasteiger partial charge is 0.305 e. The van der Waals surface area contributed by atoms with Crippen LogP contribution in [-0.2, 0) is 9.53 Å². The van der Waals surface area contributed by atoms with E-state index in [-0.39, 0.29) is 11.5 Å². The van der Waals surface area contributed by atoms with Crippen LogP contribution in [0, 0.1) is 0 Å². The molecule has 2 rings (SSSR count). The van der Waals surface area contributed by atoms with Gasteiger partial charge < -0.3 is 9.64 Å². The lowest BCUT2D eigenvalue weighted by Gasteiger charge is -2.18. The van der Waals surface area contributed by atoms with Crippen LogP contribution in [0.4, 0.5) is 5.69 Å². The third kappa shape index (κ3) is 2.53. The number of rotatable bonds is 4. The van der Waals surface area contributed by atoms with Gasteiger partial charge in [0.25, 0.3) is 0 Å². The van der Waals surface area contributed by atoms with Crippen molar-refractivity contribution in [1.82, 2.24) is 0 Å². The van der Waals surface area contributed by atoms with Gasteiger partial charge in [0.1, 0.15) is 11.4 Å². The minimum absolute atomic E-state index is 0.181. The van der Waals surface area contributed by atoms with Crippen molar-refractivity contribution in [3.8, 4) is 0 Å². The maximum atomic E-state index is 11.1. The van der Waals surface area contributed by atoms with Gasteiger partial charge in [-0.2, -0.15) is 0 Å². The zero-order chi connectivity index (χ0) is 13.2. The summed E-state index contributed by atoms with van der Waals surface area (Å²) in [6, 6.07) is 10.1. The van der Waals surface area contributed by atoms with Crippen molar-refractivity contribution < 1.29 is 9.53 Å². The molecule has 18 heavy (non-hydrogen) atoms. The standard InChI is InChI=1S/C14H18N2O2/c1-14(10-9-12(17)18-3)13(15-14)16(2)11-7-5-4-6-8-11/h4-8H,9-10H2,1-3H3. The van der Waals surface area contributed by atoms with Crippen LogP contribution in [0.15, 0.2) is 35.3 Å². The van der Waals surface area contributed by atoms with E-state index in [1.165, 1.54) is 7.11 Å². The predicted octanol–water partition coefficient (Wildman–Crippen LogP) is 2.25. The first-order valence-electron chi connectivity index (χ1n) is 6.03. The number of esters is 1. The molecule has 1 heterocycles. The molecule has 0 saturated heterocycles. The van der Waals surface area contributed by atoms with Crippen LogP contribution in [-0.4, -0.2) is 31.5 Å². The quantitative estimate of drug-likeness (QED) is 0.765. The average molecular weight is 246 g/mol. The second-order valence-corrected chi connectivity index (χ2v) is 4.68. The molecule has 1 aliphatic rings. The van der Waals surface area contributed by atoms with E-state index in [2.05, 4.69) is 14.6 Å². The fourth-order valence-corrected chi connectivity index (χ4v) is 2.03. The minimum Gasteiger partial charge on any atom is -0.469 e. The number of nitrogens with zero attached hydrogens (tertiary/aromatic N) is 2. The van der Waals surface area contributed by atoms with Crippen LogP contribution in [0.2, 0.25) is 0 Å². The SMILES string of the molecule is COC(=O)CCC1(C)N=C1N(C)c1ccccc1. The van der Waals surface area contributed by atoms with Gasteiger partial charge in [-0.25, -0.2) is 0 Å². The largest absolute Gasteiger partial charge is 0.469 e. The number of para-hydroxylation sites is 1. The lowest BCUT2D eigenvalue weighted by Crippen LogP contribution is -2.29. The zero-order valence-corrected chi connectivity index (χ0v) is 11.0. The summed E-state index contributed by atoms with van der Waals surface area (Å²) in [5, 5.41) is 0. The van der Waals surface area contributed by atoms with E-state index in [0.717, 1.165) is 11.5 Å². The molecular weight excluding hydrogens is 228 g/mol. The summed E-state index contributed by atoms with van der Waals surface area (Å²) in [4.78, 5) is 17.7. The van der Waals surface area contributed by atoms with Gasteiger partial charge in [-0.3, -0.25) is 9.79 Å². The molecule has 0 aliphatic carbocycles. The van der Waals surface area contributed by atoms with Gasteiger partial charge in [-0.1, -0.05) is 18.2 Å². The second-order valence-electron chi connectivity index (χ2n) is 4.68. The Hall–Kier alpha value is -1.84. The highest BCUT2D eigenvalue weighted by molar-refractivity contribution is 6.13. The molecule has 0 amide bonds. The highest BCUT2D eigenvalue weighted by Gasteiger charge is 2.45. The van der Waals surface area contributed by atoms with E-state index >= 15 is 0 Å². The number of hydrogen-bond donors (Lipinski definition) is 0. The molecule has 0 radical (unpaired) electrons. The van der Waals surface area contributed by atoms with Gasteiger partial charge in [0.2, 0.25) is 0 Å². The Balaban J connectivity index is 1.93. The molecule has 0 fully saturated rings. The van der Waals surface area contributed by atoms with Gasteiger partial charge in [-0.05, 0) is 25.5 Å². The number of benzene rings is 1. The number of ether oxygens (including phenoxy) is 1. The van der Waals surface area contributed by atoms with Gasteiger partial charge in [-0.15, -0.1) is 0 Å². The third-order valence-electron chi connectivity index (χ3n) is 3.29. The topological polar surface area (TPSA) is 41.9 Å². The normalized spacial score (nSPS) is 21.2. The summed E-state index contributed by atoms with van der Waals surface area (Å²) in [5.74, 6) is 0.845. The van der Waals surface area contributed by atoms with Crippen LogP contribution < -0.4 is 4.90 Å². The summed E-state index contributed by atoms with van der Waals surface area (Å²) in [5.41, 5.74) is 0.900. The molecule has 0 N–H and O–H groups in total. The van der Waals surface area contributed by atoms with E-state index in [0.29, 0.717) is 12.8 Å².